The number of aliphatic hydroxyl groups is 1. The van der Waals surface area contributed by atoms with E-state index in [1.807, 2.05) is 55.4 Å². The van der Waals surface area contributed by atoms with Crippen LogP contribution in [0.5, 0.6) is 0 Å². The molecule has 6 nitrogen and oxygen atoms in total. The minimum Gasteiger partial charge on any atom is -0.462 e. The van der Waals surface area contributed by atoms with Crippen molar-refractivity contribution in [2.24, 2.45) is 28.1 Å². The summed E-state index contributed by atoms with van der Waals surface area (Å²) in [6.45, 7) is 14.5. The molecule has 0 aliphatic heterocycles. The first kappa shape index (κ1) is 27.8. The molecule has 0 amide bonds. The van der Waals surface area contributed by atoms with E-state index in [4.69, 9.17) is 9.47 Å². The predicted molar refractivity (Wildman–Crippen MR) is 127 cm³/mol. The molecule has 0 saturated heterocycles. The smallest absolute Gasteiger partial charge is 0.312 e. The maximum Gasteiger partial charge on any atom is 0.312 e. The third-order valence-corrected chi connectivity index (χ3v) is 7.80. The highest BCUT2D eigenvalue weighted by Gasteiger charge is 2.51. The quantitative estimate of drug-likeness (QED) is 0.419. The molecule has 2 aliphatic rings. The van der Waals surface area contributed by atoms with Crippen LogP contribution in [0.25, 0.3) is 0 Å². The van der Waals surface area contributed by atoms with Crippen LogP contribution in [-0.2, 0) is 23.9 Å². The van der Waals surface area contributed by atoms with Crippen LogP contribution in [0.2, 0.25) is 0 Å². The van der Waals surface area contributed by atoms with Gasteiger partial charge in [0.25, 0.3) is 0 Å². The van der Waals surface area contributed by atoms with Crippen molar-refractivity contribution in [1.82, 2.24) is 0 Å². The van der Waals surface area contributed by atoms with Gasteiger partial charge in [-0.3, -0.25) is 14.4 Å². The maximum atomic E-state index is 13.7. The van der Waals surface area contributed by atoms with E-state index in [2.05, 4.69) is 0 Å². The van der Waals surface area contributed by atoms with Gasteiger partial charge in [-0.15, -0.1) is 0 Å². The largest absolute Gasteiger partial charge is 0.462 e. The number of ether oxygens (including phenoxy) is 2. The van der Waals surface area contributed by atoms with E-state index in [1.165, 1.54) is 6.42 Å². The first-order chi connectivity index (χ1) is 15.0. The van der Waals surface area contributed by atoms with Crippen LogP contribution in [0.15, 0.2) is 0 Å². The van der Waals surface area contributed by atoms with Crippen molar-refractivity contribution >= 4 is 17.7 Å². The lowest BCUT2D eigenvalue weighted by atomic mass is 9.64. The molecule has 2 fully saturated rings. The number of rotatable bonds is 11. The molecule has 6 heteroatoms. The fourth-order valence-electron chi connectivity index (χ4n) is 5.94. The molecule has 2 bridgehead atoms. The van der Waals surface area contributed by atoms with Gasteiger partial charge in [0.2, 0.25) is 0 Å². The first-order valence-electron chi connectivity index (χ1n) is 12.6. The molecular formula is C27H46O6. The zero-order chi connectivity index (χ0) is 25.2. The van der Waals surface area contributed by atoms with E-state index in [0.717, 1.165) is 19.3 Å². The molecule has 0 aromatic heterocycles. The van der Waals surface area contributed by atoms with Crippen LogP contribution in [0.3, 0.4) is 0 Å². The third-order valence-electron chi connectivity index (χ3n) is 7.80. The van der Waals surface area contributed by atoms with Crippen molar-refractivity contribution in [1.29, 1.82) is 0 Å². The summed E-state index contributed by atoms with van der Waals surface area (Å²) < 4.78 is 11.8. The molecule has 0 spiro atoms. The fraction of sp³-hybridized carbons (Fsp3) is 0.889. The average molecular weight is 467 g/mol. The maximum absolute atomic E-state index is 13.7. The van der Waals surface area contributed by atoms with Crippen molar-refractivity contribution in [2.45, 2.75) is 118 Å². The molecule has 0 aromatic rings. The molecule has 2 saturated carbocycles. The number of carbonyl (C=O) groups is 3. The summed E-state index contributed by atoms with van der Waals surface area (Å²) in [6.07, 6.45) is 5.32. The van der Waals surface area contributed by atoms with E-state index in [9.17, 15) is 19.5 Å². The summed E-state index contributed by atoms with van der Waals surface area (Å²) in [5.41, 5.74) is -3.42. The van der Waals surface area contributed by atoms with E-state index < -0.39 is 21.8 Å². The lowest BCUT2D eigenvalue weighted by Gasteiger charge is -2.41. The highest BCUT2D eigenvalue weighted by Crippen LogP contribution is 2.49. The van der Waals surface area contributed by atoms with Gasteiger partial charge in [0.05, 0.1) is 10.8 Å². The Bertz CT molecular complexity index is 735. The van der Waals surface area contributed by atoms with Crippen molar-refractivity contribution in [3.8, 4) is 0 Å². The molecule has 33 heavy (non-hydrogen) atoms. The van der Waals surface area contributed by atoms with Gasteiger partial charge in [0.1, 0.15) is 17.5 Å². The number of fused-ring (bicyclic) bond motifs is 2. The molecule has 0 heterocycles. The number of Topliss-reactive ketones (excluding diaryl/α,β-unsaturated/α-hetero) is 1. The summed E-state index contributed by atoms with van der Waals surface area (Å²) in [5.74, 6) is 0.309. The Morgan fingerprint density at radius 2 is 1.52 bits per heavy atom. The minimum atomic E-state index is -1.04. The van der Waals surface area contributed by atoms with Crippen LogP contribution in [0, 0.1) is 28.1 Å². The van der Waals surface area contributed by atoms with Gasteiger partial charge in [0.15, 0.2) is 0 Å². The van der Waals surface area contributed by atoms with Gasteiger partial charge >= 0.3 is 11.9 Å². The standard InChI is InChI=1S/C27H46O6/c1-9-26(7,23(31)33-24(2,3)4)17-27(8,16-25(5,6)21(29)12-13-28)22(30)32-20-15-18-10-11-19(20)14-18/h18-20,28H,9-17H2,1-8H3. The van der Waals surface area contributed by atoms with Crippen LogP contribution < -0.4 is 0 Å². The van der Waals surface area contributed by atoms with E-state index >= 15 is 0 Å². The van der Waals surface area contributed by atoms with Gasteiger partial charge in [-0.05, 0) is 91.4 Å². The SMILES string of the molecule is CCC(C)(CC(C)(CC(C)(C)C(=O)CCO)C(=O)OC1CC2CCC1C2)C(=O)OC(C)(C)C. The van der Waals surface area contributed by atoms with Gasteiger partial charge in [-0.2, -0.15) is 0 Å². The Morgan fingerprint density at radius 3 is 1.97 bits per heavy atom. The zero-order valence-electron chi connectivity index (χ0n) is 22.1. The van der Waals surface area contributed by atoms with Gasteiger partial charge in [-0.1, -0.05) is 20.8 Å². The molecular weight excluding hydrogens is 420 g/mol. The predicted octanol–water partition coefficient (Wildman–Crippen LogP) is 5.24. The van der Waals surface area contributed by atoms with Crippen molar-refractivity contribution < 1.29 is 29.0 Å². The molecule has 2 rings (SSSR count). The number of hydrogen-bond donors (Lipinski definition) is 1. The number of esters is 2. The normalized spacial score (nSPS) is 26.4. The van der Waals surface area contributed by atoms with E-state index in [0.29, 0.717) is 18.3 Å². The summed E-state index contributed by atoms with van der Waals surface area (Å²) in [4.78, 5) is 39.7. The minimum absolute atomic E-state index is 0.0433. The zero-order valence-corrected chi connectivity index (χ0v) is 22.1. The van der Waals surface area contributed by atoms with Gasteiger partial charge < -0.3 is 14.6 Å². The lowest BCUT2D eigenvalue weighted by molar-refractivity contribution is -0.176. The van der Waals surface area contributed by atoms with Crippen LogP contribution >= 0.6 is 0 Å². The summed E-state index contributed by atoms with van der Waals surface area (Å²) in [6, 6.07) is 0. The Hall–Kier alpha value is -1.43. The molecule has 1 N–H and O–H groups in total. The molecule has 190 valence electrons. The molecule has 0 aromatic carbocycles. The second-order valence-corrected chi connectivity index (χ2v) is 12.7. The van der Waals surface area contributed by atoms with Crippen LogP contribution in [0.4, 0.5) is 0 Å². The topological polar surface area (TPSA) is 89.9 Å². The summed E-state index contributed by atoms with van der Waals surface area (Å²) in [5, 5.41) is 9.29. The third kappa shape index (κ3) is 6.80. The van der Waals surface area contributed by atoms with Crippen molar-refractivity contribution in [3.63, 3.8) is 0 Å². The molecule has 5 atom stereocenters. The highest BCUT2D eigenvalue weighted by molar-refractivity contribution is 5.86. The first-order valence-corrected chi connectivity index (χ1v) is 12.6. The Balaban J connectivity index is 2.32. The Morgan fingerprint density at radius 1 is 0.879 bits per heavy atom. The lowest BCUT2D eigenvalue weighted by Crippen LogP contribution is -2.46. The summed E-state index contributed by atoms with van der Waals surface area (Å²) >= 11 is 0. The van der Waals surface area contributed by atoms with Crippen LogP contribution in [0.1, 0.15) is 107 Å². The molecule has 0 radical (unpaired) electrons. The van der Waals surface area contributed by atoms with E-state index in [1.54, 1.807) is 0 Å². The summed E-state index contributed by atoms with van der Waals surface area (Å²) in [7, 11) is 0. The fourth-order valence-corrected chi connectivity index (χ4v) is 5.94. The Labute approximate surface area is 200 Å². The van der Waals surface area contributed by atoms with Crippen molar-refractivity contribution in [2.75, 3.05) is 6.61 Å². The monoisotopic (exact) mass is 466 g/mol. The second kappa shape index (κ2) is 10.1. The molecule has 2 aliphatic carbocycles. The second-order valence-electron chi connectivity index (χ2n) is 12.7. The van der Waals surface area contributed by atoms with Gasteiger partial charge in [-0.25, -0.2) is 0 Å². The molecule has 5 unspecified atom stereocenters. The number of hydrogen-bond acceptors (Lipinski definition) is 6. The van der Waals surface area contributed by atoms with E-state index in [-0.39, 0.29) is 49.7 Å². The number of ketones is 1. The number of carbonyl (C=O) groups excluding carboxylic acids is 3. The van der Waals surface area contributed by atoms with Crippen molar-refractivity contribution in [3.05, 3.63) is 0 Å². The van der Waals surface area contributed by atoms with Gasteiger partial charge in [0, 0.05) is 18.4 Å². The Kier molecular flexibility index (Phi) is 8.47. The van der Waals surface area contributed by atoms with Crippen LogP contribution in [-0.4, -0.2) is 41.1 Å². The highest BCUT2D eigenvalue weighted by atomic mass is 16.6. The average Bonchev–Trinajstić information content (AvgIpc) is 3.29. The number of aliphatic hydroxyl groups excluding tert-OH is 1.